The number of ether oxygens (including phenoxy) is 2. The number of hydrogen-bond acceptors (Lipinski definition) is 4. The smallest absolute Gasteiger partial charge is 0.258 e. The van der Waals surface area contributed by atoms with Crippen LogP contribution < -0.4 is 15.4 Å². The Kier molecular flexibility index (Phi) is 10.5. The van der Waals surface area contributed by atoms with E-state index in [0.29, 0.717) is 18.9 Å². The first kappa shape index (κ1) is 22.2. The predicted molar refractivity (Wildman–Crippen MR) is 98.4 cm³/mol. The van der Waals surface area contributed by atoms with E-state index < -0.39 is 0 Å². The van der Waals surface area contributed by atoms with E-state index in [2.05, 4.69) is 26.6 Å². The van der Waals surface area contributed by atoms with E-state index in [4.69, 9.17) is 9.47 Å². The van der Waals surface area contributed by atoms with Crippen molar-refractivity contribution in [3.05, 3.63) is 28.2 Å². The summed E-state index contributed by atoms with van der Waals surface area (Å²) in [7, 11) is 1.67. The quantitative estimate of drug-likeness (QED) is 0.648. The molecule has 0 saturated carbocycles. The molecule has 0 bridgehead atoms. The highest BCUT2D eigenvalue weighted by Gasteiger charge is 2.14. The molecule has 0 spiro atoms. The monoisotopic (exact) mass is 408 g/mol. The summed E-state index contributed by atoms with van der Waals surface area (Å²) in [6.07, 6.45) is 0. The van der Waals surface area contributed by atoms with Gasteiger partial charge in [0.15, 0.2) is 6.61 Å². The van der Waals surface area contributed by atoms with Crippen molar-refractivity contribution in [3.63, 3.8) is 0 Å². The Balaban J connectivity index is 0.00000484. The van der Waals surface area contributed by atoms with Crippen molar-refractivity contribution in [1.82, 2.24) is 10.6 Å². The summed E-state index contributed by atoms with van der Waals surface area (Å²) in [5.41, 5.74) is 0.735. The molecule has 0 aliphatic rings. The molecule has 1 amide bonds. The molecule has 23 heavy (non-hydrogen) atoms. The van der Waals surface area contributed by atoms with Crippen molar-refractivity contribution >= 4 is 34.2 Å². The van der Waals surface area contributed by atoms with Crippen LogP contribution in [0.4, 0.5) is 0 Å². The van der Waals surface area contributed by atoms with Crippen LogP contribution in [0.25, 0.3) is 0 Å². The minimum Gasteiger partial charge on any atom is -0.483 e. The van der Waals surface area contributed by atoms with Gasteiger partial charge in [-0.1, -0.05) is 15.9 Å². The number of hydrogen-bond donors (Lipinski definition) is 2. The first-order chi connectivity index (χ1) is 10.3. The molecule has 1 rings (SSSR count). The Labute approximate surface area is 153 Å². The van der Waals surface area contributed by atoms with Crippen LogP contribution in [0.1, 0.15) is 26.3 Å². The third kappa shape index (κ3) is 9.81. The Morgan fingerprint density at radius 1 is 1.30 bits per heavy atom. The average molecular weight is 410 g/mol. The topological polar surface area (TPSA) is 59.6 Å². The first-order valence-electron chi connectivity index (χ1n) is 7.24. The summed E-state index contributed by atoms with van der Waals surface area (Å²) in [5.74, 6) is 0.575. The minimum atomic E-state index is -0.259. The number of carbonyl (C=O) groups is 1. The van der Waals surface area contributed by atoms with Crippen LogP contribution in [-0.2, 0) is 16.1 Å². The van der Waals surface area contributed by atoms with E-state index in [1.807, 2.05) is 39.0 Å². The number of carbonyl (C=O) groups excluding carboxylic acids is 1. The van der Waals surface area contributed by atoms with Gasteiger partial charge in [-0.15, -0.1) is 12.4 Å². The number of nitrogens with one attached hydrogen (secondary N) is 2. The zero-order chi connectivity index (χ0) is 16.6. The zero-order valence-corrected chi connectivity index (χ0v) is 16.5. The highest BCUT2D eigenvalue weighted by molar-refractivity contribution is 9.10. The van der Waals surface area contributed by atoms with Crippen LogP contribution in [0.2, 0.25) is 0 Å². The van der Waals surface area contributed by atoms with Crippen LogP contribution >= 0.6 is 28.3 Å². The number of amides is 1. The number of rotatable bonds is 8. The Morgan fingerprint density at radius 2 is 2.00 bits per heavy atom. The van der Waals surface area contributed by atoms with Gasteiger partial charge in [-0.3, -0.25) is 4.79 Å². The molecule has 0 saturated heterocycles. The predicted octanol–water partition coefficient (Wildman–Crippen LogP) is 2.90. The van der Waals surface area contributed by atoms with Gasteiger partial charge in [-0.2, -0.15) is 0 Å². The maximum absolute atomic E-state index is 11.8. The summed E-state index contributed by atoms with van der Waals surface area (Å²) >= 11 is 3.45. The molecule has 0 atom stereocenters. The van der Waals surface area contributed by atoms with E-state index in [-0.39, 0.29) is 30.5 Å². The lowest BCUT2D eigenvalue weighted by Crippen LogP contribution is -2.43. The molecular weight excluding hydrogens is 384 g/mol. The van der Waals surface area contributed by atoms with Gasteiger partial charge in [0.05, 0.1) is 6.61 Å². The molecule has 1 aromatic rings. The Morgan fingerprint density at radius 3 is 2.61 bits per heavy atom. The Bertz CT molecular complexity index is 493. The molecule has 2 N–H and O–H groups in total. The standard InChI is InChI=1S/C16H25BrN2O3.ClH/c1-16(2,3)19-15(20)11-22-14-6-5-13(17)9-12(14)10-18-7-8-21-4;/h5-6,9,18H,7-8,10-11H2,1-4H3,(H,19,20);1H. The number of benzene rings is 1. The SMILES string of the molecule is COCCNCc1cc(Br)ccc1OCC(=O)NC(C)(C)C.Cl. The van der Waals surface area contributed by atoms with Crippen molar-refractivity contribution < 1.29 is 14.3 Å². The third-order valence-corrected chi connectivity index (χ3v) is 3.19. The summed E-state index contributed by atoms with van der Waals surface area (Å²) in [4.78, 5) is 11.8. The van der Waals surface area contributed by atoms with Gasteiger partial charge in [0.2, 0.25) is 0 Å². The number of halogens is 2. The number of methoxy groups -OCH3 is 1. The Hall–Kier alpha value is -0.820. The van der Waals surface area contributed by atoms with Gasteiger partial charge in [-0.25, -0.2) is 0 Å². The summed E-state index contributed by atoms with van der Waals surface area (Å²) < 4.78 is 11.6. The zero-order valence-electron chi connectivity index (χ0n) is 14.1. The second-order valence-electron chi connectivity index (χ2n) is 6.01. The average Bonchev–Trinajstić information content (AvgIpc) is 2.41. The second kappa shape index (κ2) is 10.9. The lowest BCUT2D eigenvalue weighted by molar-refractivity contribution is -0.124. The highest BCUT2D eigenvalue weighted by atomic mass is 79.9. The van der Waals surface area contributed by atoms with E-state index in [9.17, 15) is 4.79 Å². The van der Waals surface area contributed by atoms with Crippen molar-refractivity contribution in [3.8, 4) is 5.75 Å². The molecule has 132 valence electrons. The van der Waals surface area contributed by atoms with Gasteiger partial charge < -0.3 is 20.1 Å². The lowest BCUT2D eigenvalue weighted by Gasteiger charge is -2.21. The first-order valence-corrected chi connectivity index (χ1v) is 8.03. The fourth-order valence-electron chi connectivity index (χ4n) is 1.82. The molecule has 0 heterocycles. The molecule has 1 aromatic carbocycles. The van der Waals surface area contributed by atoms with Crippen LogP contribution in [0, 0.1) is 0 Å². The molecule has 0 aliphatic carbocycles. The molecule has 0 fully saturated rings. The normalized spacial score (nSPS) is 10.8. The van der Waals surface area contributed by atoms with Crippen LogP contribution in [0.3, 0.4) is 0 Å². The summed E-state index contributed by atoms with van der Waals surface area (Å²) in [6, 6.07) is 5.74. The summed E-state index contributed by atoms with van der Waals surface area (Å²) in [5, 5.41) is 6.14. The third-order valence-electron chi connectivity index (χ3n) is 2.69. The molecule has 5 nitrogen and oxygen atoms in total. The second-order valence-corrected chi connectivity index (χ2v) is 6.92. The van der Waals surface area contributed by atoms with Crippen molar-refractivity contribution in [2.24, 2.45) is 0 Å². The van der Waals surface area contributed by atoms with Crippen LogP contribution in [0.15, 0.2) is 22.7 Å². The minimum absolute atomic E-state index is 0. The molecule has 0 aliphatic heterocycles. The van der Waals surface area contributed by atoms with Crippen LogP contribution in [0.5, 0.6) is 5.75 Å². The van der Waals surface area contributed by atoms with Crippen molar-refractivity contribution in [2.75, 3.05) is 26.9 Å². The van der Waals surface area contributed by atoms with Gasteiger partial charge in [0.1, 0.15) is 5.75 Å². The van der Waals surface area contributed by atoms with Crippen molar-refractivity contribution in [2.45, 2.75) is 32.9 Å². The lowest BCUT2D eigenvalue weighted by atomic mass is 10.1. The molecule has 7 heteroatoms. The molecule has 0 unspecified atom stereocenters. The maximum Gasteiger partial charge on any atom is 0.258 e. The fourth-order valence-corrected chi connectivity index (χ4v) is 2.23. The molecular formula is C16H26BrClN2O3. The van der Waals surface area contributed by atoms with Crippen LogP contribution in [-0.4, -0.2) is 38.3 Å². The van der Waals surface area contributed by atoms with Gasteiger partial charge in [0.25, 0.3) is 5.91 Å². The molecule has 0 radical (unpaired) electrons. The summed E-state index contributed by atoms with van der Waals surface area (Å²) in [6.45, 7) is 7.88. The van der Waals surface area contributed by atoms with Gasteiger partial charge in [-0.05, 0) is 39.0 Å². The van der Waals surface area contributed by atoms with E-state index in [0.717, 1.165) is 16.6 Å². The van der Waals surface area contributed by atoms with E-state index in [1.165, 1.54) is 0 Å². The maximum atomic E-state index is 11.8. The van der Waals surface area contributed by atoms with Crippen molar-refractivity contribution in [1.29, 1.82) is 0 Å². The molecule has 0 aromatic heterocycles. The highest BCUT2D eigenvalue weighted by Crippen LogP contribution is 2.23. The van der Waals surface area contributed by atoms with E-state index in [1.54, 1.807) is 7.11 Å². The van der Waals surface area contributed by atoms with Gasteiger partial charge in [0, 0.05) is 35.8 Å². The fraction of sp³-hybridized carbons (Fsp3) is 0.562. The largest absolute Gasteiger partial charge is 0.483 e. The van der Waals surface area contributed by atoms with E-state index >= 15 is 0 Å². The van der Waals surface area contributed by atoms with Gasteiger partial charge >= 0.3 is 0 Å².